The normalized spacial score (nSPS) is 16.2. The van der Waals surface area contributed by atoms with E-state index >= 15 is 0 Å². The van der Waals surface area contributed by atoms with E-state index in [1.165, 1.54) is 38.0 Å². The van der Waals surface area contributed by atoms with Gasteiger partial charge in [0, 0.05) is 20.7 Å². The van der Waals surface area contributed by atoms with Crippen LogP contribution in [0.2, 0.25) is 0 Å². The lowest BCUT2D eigenvalue weighted by Crippen LogP contribution is -2.24. The zero-order valence-electron chi connectivity index (χ0n) is 15.8. The molecule has 0 spiro atoms. The van der Waals surface area contributed by atoms with E-state index in [-0.39, 0.29) is 0 Å². The predicted octanol–water partition coefficient (Wildman–Crippen LogP) is 6.23. The zero-order chi connectivity index (χ0) is 18.7. The van der Waals surface area contributed by atoms with Gasteiger partial charge in [0.25, 0.3) is 0 Å². The Balaban J connectivity index is 0.000000948. The van der Waals surface area contributed by atoms with Crippen molar-refractivity contribution < 1.29 is 0 Å². The van der Waals surface area contributed by atoms with Crippen LogP contribution >= 0.6 is 31.9 Å². The Morgan fingerprint density at radius 3 is 2.46 bits per heavy atom. The van der Waals surface area contributed by atoms with Gasteiger partial charge in [-0.3, -0.25) is 4.98 Å². The molecule has 2 nitrogen and oxygen atoms in total. The van der Waals surface area contributed by atoms with Crippen molar-refractivity contribution in [2.45, 2.75) is 46.5 Å². The van der Waals surface area contributed by atoms with Crippen molar-refractivity contribution in [1.82, 2.24) is 10.3 Å². The highest BCUT2D eigenvalue weighted by atomic mass is 79.9. The number of piperidine rings is 1. The van der Waals surface area contributed by atoms with Crippen molar-refractivity contribution in [1.29, 1.82) is 0 Å². The number of benzene rings is 1. The average molecular weight is 478 g/mol. The van der Waals surface area contributed by atoms with Gasteiger partial charge in [0.2, 0.25) is 0 Å². The molecule has 4 rings (SSSR count). The molecule has 2 heterocycles. The maximum Gasteiger partial charge on any atom is 0.0740 e. The molecule has 0 saturated carbocycles. The standard InChI is InChI=1S/C20H20Br2N2.C2H6/c1-12-2-4-16-17(19(12)22)5-3-14-10-15(21)11-24-20(14)18(16)13-6-8-23-9-7-13;1-2/h2,4,10-11,23H,3,5-9H2,1H3;1-2H3. The molecule has 1 fully saturated rings. The summed E-state index contributed by atoms with van der Waals surface area (Å²) < 4.78 is 2.33. The predicted molar refractivity (Wildman–Crippen MR) is 118 cm³/mol. The Bertz CT molecular complexity index is 832. The number of aromatic nitrogens is 1. The van der Waals surface area contributed by atoms with E-state index in [1.54, 1.807) is 5.57 Å². The second-order valence-electron chi connectivity index (χ2n) is 6.61. The van der Waals surface area contributed by atoms with E-state index in [2.05, 4.69) is 62.3 Å². The van der Waals surface area contributed by atoms with Crippen LogP contribution in [-0.4, -0.2) is 18.1 Å². The quantitative estimate of drug-likeness (QED) is 0.486. The average Bonchev–Trinajstić information content (AvgIpc) is 2.84. The SMILES string of the molecule is CC.Cc1ccc2c(c1Br)CCc1cc(Br)cnc1C2=C1CCNCC1. The summed E-state index contributed by atoms with van der Waals surface area (Å²) in [4.78, 5) is 4.85. The molecule has 26 heavy (non-hydrogen) atoms. The van der Waals surface area contributed by atoms with Crippen LogP contribution < -0.4 is 5.32 Å². The van der Waals surface area contributed by atoms with Crippen molar-refractivity contribution in [2.24, 2.45) is 0 Å². The Morgan fingerprint density at radius 1 is 1.00 bits per heavy atom. The van der Waals surface area contributed by atoms with Gasteiger partial charge < -0.3 is 5.32 Å². The first-order valence-corrected chi connectivity index (χ1v) is 11.1. The van der Waals surface area contributed by atoms with E-state index in [0.29, 0.717) is 0 Å². The number of pyridine rings is 1. The van der Waals surface area contributed by atoms with Crippen LogP contribution in [0.15, 0.2) is 38.9 Å². The fourth-order valence-corrected chi connectivity index (χ4v) is 4.76. The summed E-state index contributed by atoms with van der Waals surface area (Å²) in [5.74, 6) is 0. The number of rotatable bonds is 0. The Morgan fingerprint density at radius 2 is 1.73 bits per heavy atom. The summed E-state index contributed by atoms with van der Waals surface area (Å²) in [6.45, 7) is 8.30. The third-order valence-electron chi connectivity index (χ3n) is 5.08. The van der Waals surface area contributed by atoms with Crippen LogP contribution in [0.3, 0.4) is 0 Å². The molecule has 0 unspecified atom stereocenters. The number of aryl methyl sites for hydroxylation is 2. The molecule has 138 valence electrons. The number of hydrogen-bond donors (Lipinski definition) is 1. The molecular formula is C22H26Br2N2. The lowest BCUT2D eigenvalue weighted by atomic mass is 9.88. The lowest BCUT2D eigenvalue weighted by molar-refractivity contribution is 0.611. The van der Waals surface area contributed by atoms with E-state index in [4.69, 9.17) is 4.98 Å². The first-order valence-electron chi connectivity index (χ1n) is 9.51. The van der Waals surface area contributed by atoms with Crippen LogP contribution in [-0.2, 0) is 12.8 Å². The number of nitrogens with zero attached hydrogens (tertiary/aromatic N) is 1. The molecule has 1 N–H and O–H groups in total. The van der Waals surface area contributed by atoms with Crippen molar-refractivity contribution in [2.75, 3.05) is 13.1 Å². The molecule has 1 aromatic heterocycles. The van der Waals surface area contributed by atoms with Crippen LogP contribution in [0, 0.1) is 6.92 Å². The topological polar surface area (TPSA) is 24.9 Å². The van der Waals surface area contributed by atoms with Crippen molar-refractivity contribution in [3.8, 4) is 0 Å². The zero-order valence-corrected chi connectivity index (χ0v) is 18.9. The van der Waals surface area contributed by atoms with Gasteiger partial charge in [0.1, 0.15) is 0 Å². The lowest BCUT2D eigenvalue weighted by Gasteiger charge is -2.22. The molecule has 2 aliphatic rings. The number of nitrogens with one attached hydrogen (secondary N) is 1. The molecular weight excluding hydrogens is 452 g/mol. The number of halogens is 2. The van der Waals surface area contributed by atoms with Gasteiger partial charge in [0.15, 0.2) is 0 Å². The Hall–Kier alpha value is -0.970. The van der Waals surface area contributed by atoms with E-state index < -0.39 is 0 Å². The molecule has 0 amide bonds. The van der Waals surface area contributed by atoms with Crippen LogP contribution in [0.4, 0.5) is 0 Å². The van der Waals surface area contributed by atoms with E-state index in [1.807, 2.05) is 20.0 Å². The summed E-state index contributed by atoms with van der Waals surface area (Å²) in [6.07, 6.45) is 6.24. The van der Waals surface area contributed by atoms with E-state index in [9.17, 15) is 0 Å². The molecule has 0 atom stereocenters. The second-order valence-corrected chi connectivity index (χ2v) is 8.32. The second kappa shape index (κ2) is 8.81. The molecule has 2 aromatic rings. The molecule has 0 radical (unpaired) electrons. The minimum Gasteiger partial charge on any atom is -0.316 e. The van der Waals surface area contributed by atoms with Gasteiger partial charge in [0.05, 0.1) is 5.69 Å². The Kier molecular flexibility index (Phi) is 6.70. The largest absolute Gasteiger partial charge is 0.316 e. The summed E-state index contributed by atoms with van der Waals surface area (Å²) in [5, 5.41) is 3.48. The maximum absolute atomic E-state index is 4.85. The van der Waals surface area contributed by atoms with Gasteiger partial charge >= 0.3 is 0 Å². The van der Waals surface area contributed by atoms with Crippen molar-refractivity contribution >= 4 is 37.4 Å². The first-order chi connectivity index (χ1) is 12.6. The minimum atomic E-state index is 1.03. The fourth-order valence-electron chi connectivity index (χ4n) is 3.84. The first kappa shape index (κ1) is 19.8. The molecule has 1 aliphatic heterocycles. The van der Waals surface area contributed by atoms with Gasteiger partial charge in [-0.2, -0.15) is 0 Å². The molecule has 1 aromatic carbocycles. The Labute approximate surface area is 173 Å². The summed E-state index contributed by atoms with van der Waals surface area (Å²) in [6, 6.07) is 6.78. The third kappa shape index (κ3) is 3.83. The van der Waals surface area contributed by atoms with Crippen molar-refractivity contribution in [3.05, 3.63) is 66.9 Å². The minimum absolute atomic E-state index is 1.03. The molecule has 1 aliphatic carbocycles. The summed E-state index contributed by atoms with van der Waals surface area (Å²) in [7, 11) is 0. The number of hydrogen-bond acceptors (Lipinski definition) is 2. The third-order valence-corrected chi connectivity index (χ3v) is 6.62. The monoisotopic (exact) mass is 476 g/mol. The van der Waals surface area contributed by atoms with Gasteiger partial charge in [-0.1, -0.05) is 47.5 Å². The highest BCUT2D eigenvalue weighted by Crippen LogP contribution is 2.40. The molecule has 1 saturated heterocycles. The van der Waals surface area contributed by atoms with Gasteiger partial charge in [-0.05, 0) is 89.9 Å². The smallest absolute Gasteiger partial charge is 0.0740 e. The van der Waals surface area contributed by atoms with Crippen LogP contribution in [0.1, 0.15) is 54.6 Å². The number of fused-ring (bicyclic) bond motifs is 2. The van der Waals surface area contributed by atoms with E-state index in [0.717, 1.165) is 43.2 Å². The summed E-state index contributed by atoms with van der Waals surface area (Å²) >= 11 is 7.44. The van der Waals surface area contributed by atoms with Gasteiger partial charge in [-0.25, -0.2) is 0 Å². The van der Waals surface area contributed by atoms with Crippen LogP contribution in [0.5, 0.6) is 0 Å². The highest BCUT2D eigenvalue weighted by molar-refractivity contribution is 9.10. The molecule has 0 bridgehead atoms. The summed E-state index contributed by atoms with van der Waals surface area (Å²) in [5.41, 5.74) is 9.58. The van der Waals surface area contributed by atoms with Gasteiger partial charge in [-0.15, -0.1) is 0 Å². The van der Waals surface area contributed by atoms with Crippen molar-refractivity contribution in [3.63, 3.8) is 0 Å². The maximum atomic E-state index is 4.85. The highest BCUT2D eigenvalue weighted by Gasteiger charge is 2.25. The molecule has 4 heteroatoms. The van der Waals surface area contributed by atoms with Crippen LogP contribution in [0.25, 0.3) is 5.57 Å². The fraction of sp³-hybridized carbons (Fsp3) is 0.409.